The van der Waals surface area contributed by atoms with E-state index in [2.05, 4.69) is 67.6 Å². The Labute approximate surface area is 125 Å². The third-order valence-corrected chi connectivity index (χ3v) is 5.09. The predicted octanol–water partition coefficient (Wildman–Crippen LogP) is 4.10. The number of rotatable bonds is 2. The van der Waals surface area contributed by atoms with Crippen LogP contribution in [0.3, 0.4) is 0 Å². The smallest absolute Gasteiger partial charge is 0.159 e. The van der Waals surface area contributed by atoms with Crippen molar-refractivity contribution in [2.45, 2.75) is 31.7 Å². The fourth-order valence-electron chi connectivity index (χ4n) is 4.02. The second-order valence-corrected chi connectivity index (χ2v) is 6.35. The van der Waals surface area contributed by atoms with E-state index in [4.69, 9.17) is 9.47 Å². The average Bonchev–Trinajstić information content (AvgIpc) is 2.75. The lowest BCUT2D eigenvalue weighted by Crippen LogP contribution is -2.42. The molecule has 2 bridgehead atoms. The van der Waals surface area contributed by atoms with Gasteiger partial charge in [0.15, 0.2) is 6.29 Å². The Kier molecular flexibility index (Phi) is 2.91. The first-order valence-electron chi connectivity index (χ1n) is 7.65. The molecule has 0 spiro atoms. The maximum atomic E-state index is 6.53. The van der Waals surface area contributed by atoms with E-state index in [1.807, 2.05) is 0 Å². The normalized spacial score (nSPS) is 30.2. The Morgan fingerprint density at radius 3 is 2.00 bits per heavy atom. The average molecular weight is 280 g/mol. The molecule has 0 N–H and O–H groups in total. The van der Waals surface area contributed by atoms with E-state index in [9.17, 15) is 0 Å². The number of hydrogen-bond donors (Lipinski definition) is 0. The van der Waals surface area contributed by atoms with Gasteiger partial charge in [0.25, 0.3) is 0 Å². The molecule has 2 aromatic rings. The van der Waals surface area contributed by atoms with Gasteiger partial charge in [-0.1, -0.05) is 67.6 Å². The van der Waals surface area contributed by atoms with Gasteiger partial charge in [-0.3, -0.25) is 0 Å². The monoisotopic (exact) mass is 280 g/mol. The SMILES string of the molecule is CC12CCOC(C1)OC2(c1ccccc1)c1ccccc1. The van der Waals surface area contributed by atoms with Crippen molar-refractivity contribution < 1.29 is 9.47 Å². The lowest BCUT2D eigenvalue weighted by Gasteiger charge is -2.42. The number of ether oxygens (including phenoxy) is 2. The van der Waals surface area contributed by atoms with Crippen LogP contribution in [0.4, 0.5) is 0 Å². The zero-order valence-corrected chi connectivity index (χ0v) is 12.3. The molecule has 0 saturated carbocycles. The molecule has 2 saturated heterocycles. The Morgan fingerprint density at radius 2 is 1.48 bits per heavy atom. The number of benzene rings is 2. The highest BCUT2D eigenvalue weighted by Gasteiger charge is 2.60. The summed E-state index contributed by atoms with van der Waals surface area (Å²) in [6.45, 7) is 3.12. The second-order valence-electron chi connectivity index (χ2n) is 6.35. The van der Waals surface area contributed by atoms with Crippen molar-refractivity contribution in [3.05, 3.63) is 71.8 Å². The molecule has 2 aromatic carbocycles. The highest BCUT2D eigenvalue weighted by Crippen LogP contribution is 2.60. The molecular formula is C19H20O2. The van der Waals surface area contributed by atoms with Gasteiger partial charge in [0.2, 0.25) is 0 Å². The van der Waals surface area contributed by atoms with Crippen LogP contribution >= 0.6 is 0 Å². The van der Waals surface area contributed by atoms with Gasteiger partial charge >= 0.3 is 0 Å². The molecule has 2 atom stereocenters. The van der Waals surface area contributed by atoms with Crippen LogP contribution in [0.15, 0.2) is 60.7 Å². The molecule has 21 heavy (non-hydrogen) atoms. The van der Waals surface area contributed by atoms with Crippen molar-refractivity contribution in [3.8, 4) is 0 Å². The molecule has 2 unspecified atom stereocenters. The maximum absolute atomic E-state index is 6.53. The van der Waals surface area contributed by atoms with E-state index in [0.717, 1.165) is 19.4 Å². The lowest BCUT2D eigenvalue weighted by molar-refractivity contribution is -0.151. The van der Waals surface area contributed by atoms with Gasteiger partial charge in [-0.05, 0) is 17.5 Å². The molecule has 2 aliphatic rings. The van der Waals surface area contributed by atoms with Crippen molar-refractivity contribution >= 4 is 0 Å². The largest absolute Gasteiger partial charge is 0.353 e. The maximum Gasteiger partial charge on any atom is 0.159 e. The first-order chi connectivity index (χ1) is 10.2. The molecule has 2 nitrogen and oxygen atoms in total. The van der Waals surface area contributed by atoms with Crippen molar-refractivity contribution in [1.29, 1.82) is 0 Å². The summed E-state index contributed by atoms with van der Waals surface area (Å²) in [7, 11) is 0. The molecule has 108 valence electrons. The predicted molar refractivity (Wildman–Crippen MR) is 81.8 cm³/mol. The molecule has 2 heterocycles. The van der Waals surface area contributed by atoms with Gasteiger partial charge in [0, 0.05) is 11.8 Å². The van der Waals surface area contributed by atoms with Crippen LogP contribution in [-0.2, 0) is 15.1 Å². The first kappa shape index (κ1) is 13.1. The van der Waals surface area contributed by atoms with Crippen molar-refractivity contribution in [2.75, 3.05) is 6.61 Å². The summed E-state index contributed by atoms with van der Waals surface area (Å²) >= 11 is 0. The van der Waals surface area contributed by atoms with Gasteiger partial charge in [0.1, 0.15) is 5.60 Å². The van der Waals surface area contributed by atoms with Crippen molar-refractivity contribution in [1.82, 2.24) is 0 Å². The van der Waals surface area contributed by atoms with Crippen molar-refractivity contribution in [3.63, 3.8) is 0 Å². The highest BCUT2D eigenvalue weighted by atomic mass is 16.7. The van der Waals surface area contributed by atoms with E-state index >= 15 is 0 Å². The van der Waals surface area contributed by atoms with Crippen LogP contribution in [0.5, 0.6) is 0 Å². The number of hydrogen-bond acceptors (Lipinski definition) is 2. The van der Waals surface area contributed by atoms with E-state index in [1.54, 1.807) is 0 Å². The Morgan fingerprint density at radius 1 is 0.905 bits per heavy atom. The Hall–Kier alpha value is -1.64. The minimum atomic E-state index is -0.406. The molecule has 2 heteroatoms. The van der Waals surface area contributed by atoms with Crippen LogP contribution < -0.4 is 0 Å². The van der Waals surface area contributed by atoms with Gasteiger partial charge in [0.05, 0.1) is 6.61 Å². The quantitative estimate of drug-likeness (QED) is 0.824. The van der Waals surface area contributed by atoms with Gasteiger partial charge in [-0.25, -0.2) is 0 Å². The molecular weight excluding hydrogens is 260 g/mol. The zero-order valence-electron chi connectivity index (χ0n) is 12.3. The van der Waals surface area contributed by atoms with Crippen LogP contribution in [0, 0.1) is 5.41 Å². The van der Waals surface area contributed by atoms with Crippen LogP contribution in [0.25, 0.3) is 0 Å². The van der Waals surface area contributed by atoms with Gasteiger partial charge < -0.3 is 9.47 Å². The van der Waals surface area contributed by atoms with Crippen molar-refractivity contribution in [2.24, 2.45) is 5.41 Å². The molecule has 0 radical (unpaired) electrons. The summed E-state index contributed by atoms with van der Waals surface area (Å²) < 4.78 is 12.3. The third-order valence-electron chi connectivity index (χ3n) is 5.09. The summed E-state index contributed by atoms with van der Waals surface area (Å²) in [6, 6.07) is 21.2. The summed E-state index contributed by atoms with van der Waals surface area (Å²) in [4.78, 5) is 0. The minimum Gasteiger partial charge on any atom is -0.353 e. The van der Waals surface area contributed by atoms with Gasteiger partial charge in [-0.2, -0.15) is 0 Å². The molecule has 0 amide bonds. The molecule has 2 aliphatic heterocycles. The Bertz CT molecular complexity index is 583. The van der Waals surface area contributed by atoms with E-state index in [-0.39, 0.29) is 11.7 Å². The summed E-state index contributed by atoms with van der Waals surface area (Å²) in [5.74, 6) is 0. The topological polar surface area (TPSA) is 18.5 Å². The number of fused-ring (bicyclic) bond motifs is 2. The fourth-order valence-corrected chi connectivity index (χ4v) is 4.02. The molecule has 2 fully saturated rings. The standard InChI is InChI=1S/C19H20O2/c1-18-12-13-20-17(14-18)21-19(18,15-8-4-2-5-9-15)16-10-6-3-7-11-16/h2-11,17H,12-14H2,1H3. The third kappa shape index (κ3) is 1.79. The van der Waals surface area contributed by atoms with Gasteiger partial charge in [-0.15, -0.1) is 0 Å². The van der Waals surface area contributed by atoms with E-state index in [1.165, 1.54) is 11.1 Å². The molecule has 0 aromatic heterocycles. The summed E-state index contributed by atoms with van der Waals surface area (Å²) in [5, 5.41) is 0. The first-order valence-corrected chi connectivity index (χ1v) is 7.65. The second kappa shape index (κ2) is 4.69. The lowest BCUT2D eigenvalue weighted by atomic mass is 9.64. The minimum absolute atomic E-state index is 0.0681. The van der Waals surface area contributed by atoms with Crippen LogP contribution in [0.2, 0.25) is 0 Å². The summed E-state index contributed by atoms with van der Waals surface area (Å²) in [5.41, 5.74) is 2.12. The molecule has 4 rings (SSSR count). The fraction of sp³-hybridized carbons (Fsp3) is 0.368. The zero-order chi connectivity index (χ0) is 14.3. The van der Waals surface area contributed by atoms with Crippen LogP contribution in [-0.4, -0.2) is 12.9 Å². The van der Waals surface area contributed by atoms with E-state index in [0.29, 0.717) is 0 Å². The molecule has 0 aliphatic carbocycles. The Balaban J connectivity index is 1.96. The van der Waals surface area contributed by atoms with Crippen LogP contribution in [0.1, 0.15) is 30.9 Å². The highest BCUT2D eigenvalue weighted by molar-refractivity contribution is 5.40. The summed E-state index contributed by atoms with van der Waals surface area (Å²) in [6.07, 6.45) is 1.88. The van der Waals surface area contributed by atoms with E-state index < -0.39 is 5.60 Å².